The van der Waals surface area contributed by atoms with Gasteiger partial charge in [0.1, 0.15) is 0 Å². The lowest BCUT2D eigenvalue weighted by Crippen LogP contribution is -2.39. The Hall–Kier alpha value is -0.570. The molecule has 1 rings (SSSR count). The zero-order chi connectivity index (χ0) is 10.0. The van der Waals surface area contributed by atoms with E-state index in [0.29, 0.717) is 12.5 Å². The van der Waals surface area contributed by atoms with E-state index in [1.165, 1.54) is 0 Å². The van der Waals surface area contributed by atoms with Crippen molar-refractivity contribution in [1.82, 2.24) is 0 Å². The van der Waals surface area contributed by atoms with E-state index in [2.05, 4.69) is 0 Å². The van der Waals surface area contributed by atoms with Crippen molar-refractivity contribution >= 4 is 5.97 Å². The molecule has 0 bridgehead atoms. The molecule has 3 atom stereocenters. The third-order valence-electron chi connectivity index (χ3n) is 2.56. The van der Waals surface area contributed by atoms with Gasteiger partial charge in [-0.15, -0.1) is 0 Å². The first-order chi connectivity index (χ1) is 6.02. The molecule has 0 amide bonds. The second-order valence-corrected chi connectivity index (χ2v) is 4.31. The lowest BCUT2D eigenvalue weighted by molar-refractivity contribution is -0.162. The minimum absolute atomic E-state index is 0.114. The Morgan fingerprint density at radius 2 is 2.15 bits per heavy atom. The van der Waals surface area contributed by atoms with Gasteiger partial charge in [0.25, 0.3) is 0 Å². The largest absolute Gasteiger partial charge is 0.465 e. The molecule has 0 unspecified atom stereocenters. The van der Waals surface area contributed by atoms with E-state index in [-0.39, 0.29) is 17.8 Å². The maximum absolute atomic E-state index is 11.3. The Morgan fingerprint density at radius 1 is 1.54 bits per heavy atom. The summed E-state index contributed by atoms with van der Waals surface area (Å²) in [5, 5.41) is 9.74. The van der Waals surface area contributed by atoms with Gasteiger partial charge in [0.05, 0.1) is 18.6 Å². The number of carbonyl (C=O) groups excluding carboxylic acids is 1. The summed E-state index contributed by atoms with van der Waals surface area (Å²) >= 11 is 0. The van der Waals surface area contributed by atoms with E-state index < -0.39 is 6.10 Å². The van der Waals surface area contributed by atoms with E-state index in [1.807, 2.05) is 20.8 Å². The van der Waals surface area contributed by atoms with Crippen LogP contribution in [0.25, 0.3) is 0 Å². The molecule has 0 aromatic rings. The normalized spacial score (nSPS) is 31.6. The van der Waals surface area contributed by atoms with Gasteiger partial charge in [0.2, 0.25) is 0 Å². The van der Waals surface area contributed by atoms with Gasteiger partial charge in [-0.3, -0.25) is 4.79 Å². The third-order valence-corrected chi connectivity index (χ3v) is 2.56. The standard InChI is InChI=1S/C10H18O3/c1-6(2)9(11)8-4-7(3)5-13-10(8)12/h6-9,11H,4-5H2,1-3H3/t7-,8+,9-/m1/s1. The molecule has 1 N–H and O–H groups in total. The Morgan fingerprint density at radius 3 is 2.69 bits per heavy atom. The molecule has 3 heteroatoms. The van der Waals surface area contributed by atoms with Crippen molar-refractivity contribution in [2.45, 2.75) is 33.3 Å². The highest BCUT2D eigenvalue weighted by atomic mass is 16.5. The molecule has 0 radical (unpaired) electrons. The first kappa shape index (κ1) is 10.5. The Labute approximate surface area is 79.1 Å². The van der Waals surface area contributed by atoms with Crippen LogP contribution in [0.3, 0.4) is 0 Å². The highest BCUT2D eigenvalue weighted by Crippen LogP contribution is 2.26. The number of cyclic esters (lactones) is 1. The summed E-state index contributed by atoms with van der Waals surface area (Å²) in [5.41, 5.74) is 0. The van der Waals surface area contributed by atoms with Crippen LogP contribution in [-0.2, 0) is 9.53 Å². The third kappa shape index (κ3) is 2.44. The summed E-state index contributed by atoms with van der Waals surface area (Å²) in [6.07, 6.45) is 0.188. The Kier molecular flexibility index (Phi) is 3.31. The molecular formula is C10H18O3. The number of aliphatic hydroxyl groups excluding tert-OH is 1. The molecule has 0 aromatic carbocycles. The predicted molar refractivity (Wildman–Crippen MR) is 49.1 cm³/mol. The Bertz CT molecular complexity index is 189. The fraction of sp³-hybridized carbons (Fsp3) is 0.900. The maximum Gasteiger partial charge on any atom is 0.311 e. The van der Waals surface area contributed by atoms with E-state index in [4.69, 9.17) is 4.74 Å². The monoisotopic (exact) mass is 186 g/mol. The molecule has 0 aliphatic carbocycles. The number of esters is 1. The smallest absolute Gasteiger partial charge is 0.311 e. The van der Waals surface area contributed by atoms with Gasteiger partial charge in [-0.25, -0.2) is 0 Å². The van der Waals surface area contributed by atoms with Crippen LogP contribution in [0.2, 0.25) is 0 Å². The zero-order valence-corrected chi connectivity index (χ0v) is 8.49. The van der Waals surface area contributed by atoms with Gasteiger partial charge in [-0.1, -0.05) is 20.8 Å². The molecule has 13 heavy (non-hydrogen) atoms. The molecule has 1 fully saturated rings. The maximum atomic E-state index is 11.3. The molecule has 3 nitrogen and oxygen atoms in total. The summed E-state index contributed by atoms with van der Waals surface area (Å²) in [6, 6.07) is 0. The first-order valence-electron chi connectivity index (χ1n) is 4.87. The lowest BCUT2D eigenvalue weighted by atomic mass is 9.85. The second-order valence-electron chi connectivity index (χ2n) is 4.31. The summed E-state index contributed by atoms with van der Waals surface area (Å²) in [7, 11) is 0. The summed E-state index contributed by atoms with van der Waals surface area (Å²) < 4.78 is 4.98. The van der Waals surface area contributed by atoms with Gasteiger partial charge < -0.3 is 9.84 Å². The predicted octanol–water partition coefficient (Wildman–Crippen LogP) is 1.20. The van der Waals surface area contributed by atoms with Crippen molar-refractivity contribution < 1.29 is 14.6 Å². The van der Waals surface area contributed by atoms with Crippen LogP contribution in [-0.4, -0.2) is 23.8 Å². The van der Waals surface area contributed by atoms with Gasteiger partial charge in [0.15, 0.2) is 0 Å². The van der Waals surface area contributed by atoms with E-state index in [9.17, 15) is 9.90 Å². The van der Waals surface area contributed by atoms with Gasteiger partial charge in [-0.2, -0.15) is 0 Å². The summed E-state index contributed by atoms with van der Waals surface area (Å²) in [4.78, 5) is 11.3. The van der Waals surface area contributed by atoms with Crippen LogP contribution in [0.15, 0.2) is 0 Å². The topological polar surface area (TPSA) is 46.5 Å². The van der Waals surface area contributed by atoms with Crippen molar-refractivity contribution in [2.24, 2.45) is 17.8 Å². The highest BCUT2D eigenvalue weighted by molar-refractivity contribution is 5.73. The van der Waals surface area contributed by atoms with Crippen molar-refractivity contribution in [3.8, 4) is 0 Å². The van der Waals surface area contributed by atoms with Crippen LogP contribution in [0, 0.1) is 17.8 Å². The molecule has 0 aromatic heterocycles. The van der Waals surface area contributed by atoms with Crippen LogP contribution in [0.1, 0.15) is 27.2 Å². The van der Waals surface area contributed by atoms with Crippen molar-refractivity contribution in [2.75, 3.05) is 6.61 Å². The van der Waals surface area contributed by atoms with Gasteiger partial charge in [0, 0.05) is 0 Å². The van der Waals surface area contributed by atoms with E-state index >= 15 is 0 Å². The fourth-order valence-electron chi connectivity index (χ4n) is 1.67. The average Bonchev–Trinajstić information content (AvgIpc) is 2.08. The van der Waals surface area contributed by atoms with Crippen molar-refractivity contribution in [3.63, 3.8) is 0 Å². The van der Waals surface area contributed by atoms with Gasteiger partial charge in [-0.05, 0) is 18.3 Å². The molecule has 0 saturated carbocycles. The van der Waals surface area contributed by atoms with Crippen LogP contribution in [0.5, 0.6) is 0 Å². The number of hydrogen-bond donors (Lipinski definition) is 1. The van der Waals surface area contributed by atoms with E-state index in [1.54, 1.807) is 0 Å². The highest BCUT2D eigenvalue weighted by Gasteiger charge is 2.35. The number of aliphatic hydroxyl groups is 1. The SMILES string of the molecule is CC(C)[C@@H](O)[C@@H]1C[C@@H](C)COC1=O. The van der Waals surface area contributed by atoms with Crippen molar-refractivity contribution in [1.29, 1.82) is 0 Å². The quantitative estimate of drug-likeness (QED) is 0.659. The minimum Gasteiger partial charge on any atom is -0.465 e. The molecule has 76 valence electrons. The summed E-state index contributed by atoms with van der Waals surface area (Å²) in [5.74, 6) is -0.0676. The molecular weight excluding hydrogens is 168 g/mol. The molecule has 1 aliphatic heterocycles. The molecule has 1 saturated heterocycles. The second kappa shape index (κ2) is 4.09. The average molecular weight is 186 g/mol. The number of carbonyl (C=O) groups is 1. The van der Waals surface area contributed by atoms with E-state index in [0.717, 1.165) is 6.42 Å². The molecule has 1 aliphatic rings. The fourth-order valence-corrected chi connectivity index (χ4v) is 1.67. The zero-order valence-electron chi connectivity index (χ0n) is 8.49. The first-order valence-corrected chi connectivity index (χ1v) is 4.87. The lowest BCUT2D eigenvalue weighted by Gasteiger charge is -2.30. The Balaban J connectivity index is 2.60. The number of rotatable bonds is 2. The molecule has 1 heterocycles. The van der Waals surface area contributed by atoms with Gasteiger partial charge >= 0.3 is 5.97 Å². The molecule has 0 spiro atoms. The number of hydrogen-bond acceptors (Lipinski definition) is 3. The summed E-state index contributed by atoms with van der Waals surface area (Å²) in [6.45, 7) is 6.36. The van der Waals surface area contributed by atoms with Crippen molar-refractivity contribution in [3.05, 3.63) is 0 Å². The minimum atomic E-state index is -0.560. The van der Waals surface area contributed by atoms with Crippen LogP contribution in [0.4, 0.5) is 0 Å². The number of ether oxygens (including phenoxy) is 1. The van der Waals surface area contributed by atoms with Crippen LogP contribution >= 0.6 is 0 Å². The van der Waals surface area contributed by atoms with Crippen LogP contribution < -0.4 is 0 Å².